The highest BCUT2D eigenvalue weighted by Gasteiger charge is 2.18. The Morgan fingerprint density at radius 3 is 1.38 bits per heavy atom. The molecule has 0 atom stereocenters. The van der Waals surface area contributed by atoms with Crippen molar-refractivity contribution >= 4 is 11.9 Å². The number of rotatable bonds is 2. The van der Waals surface area contributed by atoms with E-state index in [0.29, 0.717) is 11.5 Å². The Labute approximate surface area is 147 Å². The standard InChI is InChI=1S/2C6H6O.C5H3N3O4/c2*7-6-4-2-1-3-5-6;9-4(10)2-3(5(11)12)8-7-1-6-2/h2*1-5,7H;1H,(H,9,10)(H,11,12). The van der Waals surface area contributed by atoms with Gasteiger partial charge in [0, 0.05) is 0 Å². The zero-order valence-electron chi connectivity index (χ0n) is 13.3. The van der Waals surface area contributed by atoms with Crippen molar-refractivity contribution in [2.75, 3.05) is 0 Å². The van der Waals surface area contributed by atoms with Crippen LogP contribution in [0.1, 0.15) is 21.0 Å². The van der Waals surface area contributed by atoms with Gasteiger partial charge in [0.05, 0.1) is 0 Å². The van der Waals surface area contributed by atoms with Crippen LogP contribution in [0.3, 0.4) is 0 Å². The summed E-state index contributed by atoms with van der Waals surface area (Å²) in [6, 6.07) is 17.4. The molecule has 9 nitrogen and oxygen atoms in total. The molecule has 0 fully saturated rings. The Morgan fingerprint density at radius 1 is 0.692 bits per heavy atom. The lowest BCUT2D eigenvalue weighted by molar-refractivity contribution is 0.0639. The second kappa shape index (κ2) is 10.7. The first kappa shape index (κ1) is 20.0. The topological polar surface area (TPSA) is 154 Å². The molecule has 26 heavy (non-hydrogen) atoms. The van der Waals surface area contributed by atoms with Gasteiger partial charge in [0.25, 0.3) is 0 Å². The number of hydrogen-bond acceptors (Lipinski definition) is 7. The van der Waals surface area contributed by atoms with Crippen LogP contribution in [-0.2, 0) is 0 Å². The summed E-state index contributed by atoms with van der Waals surface area (Å²) >= 11 is 0. The summed E-state index contributed by atoms with van der Waals surface area (Å²) in [6.07, 6.45) is 0.871. The van der Waals surface area contributed by atoms with Gasteiger partial charge >= 0.3 is 11.9 Å². The van der Waals surface area contributed by atoms with Crippen molar-refractivity contribution in [3.63, 3.8) is 0 Å². The molecule has 9 heteroatoms. The van der Waals surface area contributed by atoms with Gasteiger partial charge in [0.15, 0.2) is 5.69 Å². The Bertz CT molecular complexity index is 758. The third-order valence-corrected chi connectivity index (χ3v) is 2.54. The molecule has 0 saturated heterocycles. The number of phenolic OH excluding ortho intramolecular Hbond substituents is 2. The first-order valence-electron chi connectivity index (χ1n) is 7.04. The van der Waals surface area contributed by atoms with Crippen molar-refractivity contribution in [2.45, 2.75) is 0 Å². The van der Waals surface area contributed by atoms with Crippen LogP contribution in [-0.4, -0.2) is 47.5 Å². The molecular formula is C17H15N3O6. The lowest BCUT2D eigenvalue weighted by Crippen LogP contribution is -2.13. The lowest BCUT2D eigenvalue weighted by Gasteiger charge is -1.94. The Balaban J connectivity index is 0.000000207. The molecule has 0 unspecified atom stereocenters. The number of nitrogens with zero attached hydrogens (tertiary/aromatic N) is 3. The van der Waals surface area contributed by atoms with Gasteiger partial charge in [0.2, 0.25) is 5.69 Å². The third-order valence-electron chi connectivity index (χ3n) is 2.54. The van der Waals surface area contributed by atoms with Crippen molar-refractivity contribution in [1.82, 2.24) is 15.2 Å². The molecule has 1 heterocycles. The molecule has 1 aromatic heterocycles. The summed E-state index contributed by atoms with van der Waals surface area (Å²) in [5, 5.41) is 40.3. The van der Waals surface area contributed by atoms with E-state index < -0.39 is 23.3 Å². The number of aromatic nitrogens is 3. The van der Waals surface area contributed by atoms with E-state index in [1.54, 1.807) is 48.5 Å². The van der Waals surface area contributed by atoms with Crippen LogP contribution in [0.5, 0.6) is 11.5 Å². The summed E-state index contributed by atoms with van der Waals surface area (Å²) in [4.78, 5) is 23.9. The van der Waals surface area contributed by atoms with E-state index in [2.05, 4.69) is 15.2 Å². The van der Waals surface area contributed by atoms with Crippen LogP contribution in [0.15, 0.2) is 67.0 Å². The van der Waals surface area contributed by atoms with E-state index in [4.69, 9.17) is 20.4 Å². The average Bonchev–Trinajstić information content (AvgIpc) is 2.64. The Morgan fingerprint density at radius 2 is 1.12 bits per heavy atom. The van der Waals surface area contributed by atoms with Crippen molar-refractivity contribution in [3.05, 3.63) is 78.4 Å². The van der Waals surface area contributed by atoms with E-state index in [1.807, 2.05) is 12.1 Å². The molecule has 0 amide bonds. The van der Waals surface area contributed by atoms with Crippen LogP contribution in [0.2, 0.25) is 0 Å². The minimum atomic E-state index is -1.46. The van der Waals surface area contributed by atoms with Gasteiger partial charge < -0.3 is 20.4 Å². The second-order valence-corrected chi connectivity index (χ2v) is 4.44. The molecule has 2 aromatic carbocycles. The summed E-state index contributed by atoms with van der Waals surface area (Å²) in [5.74, 6) is -2.26. The number of benzene rings is 2. The summed E-state index contributed by atoms with van der Waals surface area (Å²) in [5.41, 5.74) is -1.28. The molecule has 0 aliphatic carbocycles. The van der Waals surface area contributed by atoms with Gasteiger partial charge in [-0.3, -0.25) is 0 Å². The van der Waals surface area contributed by atoms with E-state index in [0.717, 1.165) is 6.33 Å². The Hall–Kier alpha value is -4.01. The molecule has 0 spiro atoms. The number of phenols is 2. The smallest absolute Gasteiger partial charge is 0.358 e. The molecule has 3 rings (SSSR count). The van der Waals surface area contributed by atoms with Gasteiger partial charge in [-0.1, -0.05) is 36.4 Å². The zero-order valence-corrected chi connectivity index (χ0v) is 13.3. The number of aromatic carboxylic acids is 2. The van der Waals surface area contributed by atoms with Gasteiger partial charge in [0.1, 0.15) is 17.8 Å². The summed E-state index contributed by atoms with van der Waals surface area (Å²) < 4.78 is 0. The number of hydrogen-bond donors (Lipinski definition) is 4. The fourth-order valence-corrected chi connectivity index (χ4v) is 1.43. The fourth-order valence-electron chi connectivity index (χ4n) is 1.43. The van der Waals surface area contributed by atoms with Gasteiger partial charge in [-0.05, 0) is 24.3 Å². The molecule has 0 aliphatic heterocycles. The minimum absolute atomic E-state index is 0.322. The number of carbonyl (C=O) groups is 2. The zero-order chi connectivity index (χ0) is 19.4. The van der Waals surface area contributed by atoms with Crippen LogP contribution in [0.25, 0.3) is 0 Å². The van der Waals surface area contributed by atoms with Crippen molar-refractivity contribution in [1.29, 1.82) is 0 Å². The average molecular weight is 357 g/mol. The van der Waals surface area contributed by atoms with Gasteiger partial charge in [-0.15, -0.1) is 10.2 Å². The van der Waals surface area contributed by atoms with Crippen molar-refractivity contribution < 1.29 is 30.0 Å². The monoisotopic (exact) mass is 357 g/mol. The van der Waals surface area contributed by atoms with E-state index in [-0.39, 0.29) is 0 Å². The first-order chi connectivity index (χ1) is 12.4. The number of carboxylic acid groups (broad SMARTS) is 2. The maximum absolute atomic E-state index is 10.3. The first-order valence-corrected chi connectivity index (χ1v) is 7.04. The predicted octanol–water partition coefficient (Wildman–Crippen LogP) is 2.05. The maximum atomic E-state index is 10.3. The molecule has 4 N–H and O–H groups in total. The van der Waals surface area contributed by atoms with Crippen LogP contribution in [0.4, 0.5) is 0 Å². The molecule has 0 aliphatic rings. The van der Waals surface area contributed by atoms with E-state index in [1.165, 1.54) is 0 Å². The maximum Gasteiger partial charge on any atom is 0.358 e. The highest BCUT2D eigenvalue weighted by atomic mass is 16.4. The second-order valence-electron chi connectivity index (χ2n) is 4.44. The third kappa shape index (κ3) is 7.51. The normalized spacial score (nSPS) is 8.92. The Kier molecular flexibility index (Phi) is 8.25. The van der Waals surface area contributed by atoms with Crippen LogP contribution in [0, 0.1) is 0 Å². The molecule has 0 radical (unpaired) electrons. The molecule has 0 bridgehead atoms. The molecule has 0 saturated carbocycles. The predicted molar refractivity (Wildman–Crippen MR) is 90.0 cm³/mol. The summed E-state index contributed by atoms with van der Waals surface area (Å²) in [7, 11) is 0. The molecule has 3 aromatic rings. The van der Waals surface area contributed by atoms with E-state index >= 15 is 0 Å². The van der Waals surface area contributed by atoms with Crippen molar-refractivity contribution in [2.24, 2.45) is 0 Å². The fraction of sp³-hybridized carbons (Fsp3) is 0. The van der Waals surface area contributed by atoms with Gasteiger partial charge in [-0.2, -0.15) is 0 Å². The lowest BCUT2D eigenvalue weighted by atomic mass is 10.3. The quantitative estimate of drug-likeness (QED) is 0.539. The summed E-state index contributed by atoms with van der Waals surface area (Å²) in [6.45, 7) is 0. The number of carboxylic acids is 2. The highest BCUT2D eigenvalue weighted by molar-refractivity contribution is 5.98. The molecule has 134 valence electrons. The SMILES string of the molecule is O=C(O)c1ncnnc1C(=O)O.Oc1ccccc1.Oc1ccccc1. The largest absolute Gasteiger partial charge is 0.508 e. The van der Waals surface area contributed by atoms with E-state index in [9.17, 15) is 9.59 Å². The number of para-hydroxylation sites is 2. The number of aromatic hydroxyl groups is 2. The van der Waals surface area contributed by atoms with Crippen molar-refractivity contribution in [3.8, 4) is 11.5 Å². The van der Waals surface area contributed by atoms with Gasteiger partial charge in [-0.25, -0.2) is 14.6 Å². The van der Waals surface area contributed by atoms with Crippen LogP contribution >= 0.6 is 0 Å². The molecular weight excluding hydrogens is 342 g/mol. The minimum Gasteiger partial charge on any atom is -0.508 e. The highest BCUT2D eigenvalue weighted by Crippen LogP contribution is 2.03. The van der Waals surface area contributed by atoms with Crippen LogP contribution < -0.4 is 0 Å².